The first kappa shape index (κ1) is 16.8. The van der Waals surface area contributed by atoms with Crippen molar-refractivity contribution in [2.45, 2.75) is 32.7 Å². The number of phenolic OH excluding ortho intramolecular Hbond substituents is 1. The number of nitrogens with one attached hydrogen (secondary N) is 1. The van der Waals surface area contributed by atoms with E-state index in [1.54, 1.807) is 0 Å². The van der Waals surface area contributed by atoms with Gasteiger partial charge in [0.1, 0.15) is 5.75 Å². The predicted molar refractivity (Wildman–Crippen MR) is 103 cm³/mol. The van der Waals surface area contributed by atoms with Crippen LogP contribution in [-0.4, -0.2) is 46.2 Å². The van der Waals surface area contributed by atoms with Crippen LogP contribution in [0.3, 0.4) is 0 Å². The van der Waals surface area contributed by atoms with E-state index in [-0.39, 0.29) is 5.75 Å². The molecule has 3 heterocycles. The fourth-order valence-corrected chi connectivity index (χ4v) is 3.60. The Labute approximate surface area is 152 Å². The Kier molecular flexibility index (Phi) is 4.28. The van der Waals surface area contributed by atoms with Gasteiger partial charge >= 0.3 is 0 Å². The van der Waals surface area contributed by atoms with Gasteiger partial charge in [-0.2, -0.15) is 4.98 Å². The third kappa shape index (κ3) is 3.12. The molecule has 4 rings (SSSR count). The van der Waals surface area contributed by atoms with Crippen molar-refractivity contribution in [2.24, 2.45) is 0 Å². The van der Waals surface area contributed by atoms with Crippen LogP contribution < -0.4 is 5.32 Å². The van der Waals surface area contributed by atoms with Crippen molar-refractivity contribution in [3.05, 3.63) is 35.4 Å². The summed E-state index contributed by atoms with van der Waals surface area (Å²) in [5.74, 6) is 0.268. The van der Waals surface area contributed by atoms with Gasteiger partial charge in [-0.3, -0.25) is 0 Å². The number of anilines is 1. The summed E-state index contributed by atoms with van der Waals surface area (Å²) in [7, 11) is 2.13. The van der Waals surface area contributed by atoms with Gasteiger partial charge in [-0.05, 0) is 63.5 Å². The molecule has 0 saturated carbocycles. The van der Waals surface area contributed by atoms with Crippen molar-refractivity contribution < 1.29 is 9.52 Å². The minimum Gasteiger partial charge on any atom is -0.507 e. The lowest BCUT2D eigenvalue weighted by atomic mass is 10.0. The van der Waals surface area contributed by atoms with Crippen molar-refractivity contribution in [3.63, 3.8) is 0 Å². The number of pyridine rings is 1. The van der Waals surface area contributed by atoms with Crippen molar-refractivity contribution in [3.8, 4) is 17.0 Å². The number of rotatable bonds is 3. The van der Waals surface area contributed by atoms with Gasteiger partial charge in [0.2, 0.25) is 5.65 Å². The molecule has 26 heavy (non-hydrogen) atoms. The monoisotopic (exact) mass is 352 g/mol. The van der Waals surface area contributed by atoms with Gasteiger partial charge in [0, 0.05) is 18.2 Å². The van der Waals surface area contributed by atoms with Crippen LogP contribution >= 0.6 is 0 Å². The number of aromatic nitrogens is 2. The van der Waals surface area contributed by atoms with Crippen molar-refractivity contribution in [1.29, 1.82) is 0 Å². The van der Waals surface area contributed by atoms with Crippen molar-refractivity contribution >= 4 is 17.2 Å². The number of phenols is 1. The molecule has 136 valence electrons. The summed E-state index contributed by atoms with van der Waals surface area (Å²) in [6.45, 7) is 5.97. The van der Waals surface area contributed by atoms with E-state index in [9.17, 15) is 5.11 Å². The highest BCUT2D eigenvalue weighted by Crippen LogP contribution is 2.35. The molecule has 1 fully saturated rings. The fraction of sp³-hybridized carbons (Fsp3) is 0.400. The van der Waals surface area contributed by atoms with E-state index in [2.05, 4.69) is 27.2 Å². The van der Waals surface area contributed by atoms with Crippen LogP contribution in [0.25, 0.3) is 22.5 Å². The van der Waals surface area contributed by atoms with Crippen LogP contribution in [-0.2, 0) is 0 Å². The number of likely N-dealkylation sites (tertiary alicyclic amines) is 1. The third-order valence-electron chi connectivity index (χ3n) is 5.05. The molecule has 0 radical (unpaired) electrons. The van der Waals surface area contributed by atoms with Gasteiger partial charge < -0.3 is 19.7 Å². The lowest BCUT2D eigenvalue weighted by Gasteiger charge is -2.29. The van der Waals surface area contributed by atoms with E-state index in [0.717, 1.165) is 36.2 Å². The van der Waals surface area contributed by atoms with Gasteiger partial charge in [-0.1, -0.05) is 12.1 Å². The topological polar surface area (TPSA) is 74.4 Å². The average molecular weight is 352 g/mol. The zero-order valence-corrected chi connectivity index (χ0v) is 15.4. The Hall–Kier alpha value is -2.60. The number of nitrogens with zero attached hydrogens (tertiary/aromatic N) is 3. The third-order valence-corrected chi connectivity index (χ3v) is 5.05. The summed E-state index contributed by atoms with van der Waals surface area (Å²) >= 11 is 0. The molecule has 6 heteroatoms. The van der Waals surface area contributed by atoms with E-state index < -0.39 is 0 Å². The molecule has 1 aromatic carbocycles. The molecule has 1 aliphatic rings. The molecule has 0 aliphatic carbocycles. The number of benzene rings is 1. The summed E-state index contributed by atoms with van der Waals surface area (Å²) < 4.78 is 5.82. The summed E-state index contributed by atoms with van der Waals surface area (Å²) in [6.07, 6.45) is 2.28. The molecule has 1 saturated heterocycles. The second kappa shape index (κ2) is 6.61. The lowest BCUT2D eigenvalue weighted by Crippen LogP contribution is -2.39. The highest BCUT2D eigenvalue weighted by Gasteiger charge is 2.20. The molecule has 3 aromatic rings. The van der Waals surface area contributed by atoms with Crippen LogP contribution in [0, 0.1) is 13.8 Å². The van der Waals surface area contributed by atoms with Crippen LogP contribution in [0.1, 0.15) is 24.0 Å². The van der Waals surface area contributed by atoms with Crippen LogP contribution in [0.5, 0.6) is 5.75 Å². The number of hydrogen-bond donors (Lipinski definition) is 2. The number of oxazole rings is 1. The maximum absolute atomic E-state index is 10.4. The maximum Gasteiger partial charge on any atom is 0.297 e. The molecule has 2 N–H and O–H groups in total. The van der Waals surface area contributed by atoms with Gasteiger partial charge in [-0.15, -0.1) is 0 Å². The fourth-order valence-electron chi connectivity index (χ4n) is 3.60. The molecule has 0 bridgehead atoms. The van der Waals surface area contributed by atoms with Gasteiger partial charge in [0.15, 0.2) is 5.58 Å². The maximum atomic E-state index is 10.4. The lowest BCUT2D eigenvalue weighted by molar-refractivity contribution is 0.259. The molecule has 2 aromatic heterocycles. The normalized spacial score (nSPS) is 18.3. The summed E-state index contributed by atoms with van der Waals surface area (Å²) in [5, 5.41) is 13.8. The van der Waals surface area contributed by atoms with Gasteiger partial charge in [0.25, 0.3) is 6.01 Å². The minimum absolute atomic E-state index is 0.268. The molecule has 0 amide bonds. The first-order chi connectivity index (χ1) is 12.5. The van der Waals surface area contributed by atoms with E-state index in [1.807, 2.05) is 38.1 Å². The zero-order valence-electron chi connectivity index (χ0n) is 15.4. The quantitative estimate of drug-likeness (QED) is 0.748. The van der Waals surface area contributed by atoms with Crippen molar-refractivity contribution in [2.75, 3.05) is 25.5 Å². The number of piperidine rings is 1. The Morgan fingerprint density at radius 3 is 2.77 bits per heavy atom. The molecule has 0 unspecified atom stereocenters. The van der Waals surface area contributed by atoms with E-state index in [4.69, 9.17) is 4.42 Å². The second-order valence-corrected chi connectivity index (χ2v) is 7.21. The highest BCUT2D eigenvalue weighted by molar-refractivity contribution is 5.79. The average Bonchev–Trinajstić information content (AvgIpc) is 3.00. The van der Waals surface area contributed by atoms with Gasteiger partial charge in [-0.25, -0.2) is 4.98 Å². The summed E-state index contributed by atoms with van der Waals surface area (Å²) in [5.41, 5.74) is 4.45. The highest BCUT2D eigenvalue weighted by atomic mass is 16.4. The molecular weight excluding hydrogens is 328 g/mol. The summed E-state index contributed by atoms with van der Waals surface area (Å²) in [4.78, 5) is 11.4. The largest absolute Gasteiger partial charge is 0.507 e. The Morgan fingerprint density at radius 1 is 1.15 bits per heavy atom. The van der Waals surface area contributed by atoms with Crippen LogP contribution in [0.2, 0.25) is 0 Å². The molecular formula is C20H24N4O2. The zero-order chi connectivity index (χ0) is 18.3. The van der Waals surface area contributed by atoms with E-state index >= 15 is 0 Å². The standard InChI is InChI=1S/C20H24N4O2/c1-12-6-7-13(2)18(25)17(12)15-8-9-16-19(22-15)23-20(26-16)21-14-5-4-10-24(3)11-14/h6-9,14,25H,4-5,10-11H2,1-3H3,(H,21,22,23)/t14-/m1/s1. The predicted octanol–water partition coefficient (Wildman–Crippen LogP) is 3.72. The number of likely N-dealkylation sites (N-methyl/N-ethyl adjacent to an activating group) is 1. The number of fused-ring (bicyclic) bond motifs is 1. The number of aryl methyl sites for hydroxylation is 2. The second-order valence-electron chi connectivity index (χ2n) is 7.21. The van der Waals surface area contributed by atoms with E-state index in [0.29, 0.717) is 29.0 Å². The van der Waals surface area contributed by atoms with E-state index in [1.165, 1.54) is 6.42 Å². The minimum atomic E-state index is 0.268. The van der Waals surface area contributed by atoms with Crippen LogP contribution in [0.15, 0.2) is 28.7 Å². The van der Waals surface area contributed by atoms with Crippen molar-refractivity contribution in [1.82, 2.24) is 14.9 Å². The Bertz CT molecular complexity index is 950. The number of hydrogen-bond acceptors (Lipinski definition) is 6. The smallest absolute Gasteiger partial charge is 0.297 e. The SMILES string of the molecule is Cc1ccc(C)c(-c2ccc3oc(N[C@@H]4CCCN(C)C4)nc3n2)c1O. The first-order valence-electron chi connectivity index (χ1n) is 9.03. The molecule has 0 spiro atoms. The molecule has 1 atom stereocenters. The Morgan fingerprint density at radius 2 is 1.96 bits per heavy atom. The van der Waals surface area contributed by atoms with Gasteiger partial charge in [0.05, 0.1) is 5.69 Å². The van der Waals surface area contributed by atoms with Crippen LogP contribution in [0.4, 0.5) is 6.01 Å². The first-order valence-corrected chi connectivity index (χ1v) is 9.03. The molecule has 1 aliphatic heterocycles. The molecule has 6 nitrogen and oxygen atoms in total. The number of aromatic hydroxyl groups is 1. The Balaban J connectivity index is 1.65. The summed E-state index contributed by atoms with van der Waals surface area (Å²) in [6, 6.07) is 8.48.